The molecule has 0 spiro atoms. The molecule has 3 aromatic rings. The second kappa shape index (κ2) is 8.97. The molecular weight excluding hydrogens is 390 g/mol. The van der Waals surface area contributed by atoms with Crippen LogP contribution in [0.15, 0.2) is 48.5 Å². The lowest BCUT2D eigenvalue weighted by atomic mass is 10.2. The number of fused-ring (bicyclic) bond motifs is 1. The molecule has 0 bridgehead atoms. The summed E-state index contributed by atoms with van der Waals surface area (Å²) in [5.74, 6) is -0.0707. The van der Waals surface area contributed by atoms with Gasteiger partial charge >= 0.3 is 0 Å². The number of amides is 1. The molecule has 0 saturated carbocycles. The summed E-state index contributed by atoms with van der Waals surface area (Å²) in [6.07, 6.45) is 0.870. The maximum Gasteiger partial charge on any atom is 0.271 e. The van der Waals surface area contributed by atoms with Crippen LogP contribution in [0.5, 0.6) is 0 Å². The van der Waals surface area contributed by atoms with Crippen molar-refractivity contribution < 1.29 is 9.72 Å². The van der Waals surface area contributed by atoms with Gasteiger partial charge in [-0.1, -0.05) is 25.1 Å². The van der Waals surface area contributed by atoms with Crippen LogP contribution in [0.1, 0.15) is 13.3 Å². The Kier molecular flexibility index (Phi) is 6.40. The zero-order valence-corrected chi connectivity index (χ0v) is 17.2. The van der Waals surface area contributed by atoms with Crippen LogP contribution in [0.4, 0.5) is 5.69 Å². The number of benzene rings is 2. The molecule has 1 N–H and O–H groups in total. The molecule has 0 aliphatic carbocycles. The summed E-state index contributed by atoms with van der Waals surface area (Å²) in [4.78, 5) is 24.7. The van der Waals surface area contributed by atoms with Gasteiger partial charge in [0.2, 0.25) is 5.91 Å². The van der Waals surface area contributed by atoms with E-state index in [-0.39, 0.29) is 18.1 Å². The van der Waals surface area contributed by atoms with E-state index in [0.29, 0.717) is 23.5 Å². The highest BCUT2D eigenvalue weighted by Crippen LogP contribution is 2.26. The fraction of sp³-hybridized carbons (Fsp3) is 0.300. The summed E-state index contributed by atoms with van der Waals surface area (Å²) in [6, 6.07) is 14.3. The molecule has 1 amide bonds. The van der Waals surface area contributed by atoms with E-state index in [1.807, 2.05) is 58.3 Å². The number of likely N-dealkylation sites (N-methyl/N-ethyl adjacent to an activating group) is 1. The van der Waals surface area contributed by atoms with Crippen molar-refractivity contribution in [2.75, 3.05) is 20.1 Å². The zero-order valence-electron chi connectivity index (χ0n) is 16.4. The maximum atomic E-state index is 12.0. The zero-order chi connectivity index (χ0) is 21.0. The molecule has 1 heterocycles. The molecule has 8 nitrogen and oxygen atoms in total. The molecule has 2 aromatic carbocycles. The van der Waals surface area contributed by atoms with E-state index in [9.17, 15) is 14.9 Å². The van der Waals surface area contributed by atoms with Crippen LogP contribution >= 0.6 is 12.2 Å². The van der Waals surface area contributed by atoms with Crippen molar-refractivity contribution in [1.82, 2.24) is 19.4 Å². The molecule has 1 aromatic heterocycles. The molecule has 9 heteroatoms. The molecule has 3 rings (SSSR count). The number of rotatable bonds is 8. The standard InChI is InChI=1S/C20H23N5O3S/c1-3-11-21-19(26)13-22(2)14-23-18-12-16(25(27)28)9-10-17(18)24(20(23)29)15-7-5-4-6-8-15/h4-10,12H,3,11,13-14H2,1-2H3,(H,21,26). The monoisotopic (exact) mass is 413 g/mol. The third-order valence-electron chi connectivity index (χ3n) is 4.51. The van der Waals surface area contributed by atoms with Crippen LogP contribution in [-0.2, 0) is 11.5 Å². The van der Waals surface area contributed by atoms with Crippen molar-refractivity contribution in [3.63, 3.8) is 0 Å². The van der Waals surface area contributed by atoms with E-state index in [1.165, 1.54) is 12.1 Å². The number of hydrogen-bond acceptors (Lipinski definition) is 5. The van der Waals surface area contributed by atoms with Gasteiger partial charge in [0.25, 0.3) is 5.69 Å². The molecule has 152 valence electrons. The van der Waals surface area contributed by atoms with Crippen molar-refractivity contribution in [3.8, 4) is 5.69 Å². The molecular formula is C20H23N5O3S. The van der Waals surface area contributed by atoms with Gasteiger partial charge in [0, 0.05) is 24.4 Å². The lowest BCUT2D eigenvalue weighted by Gasteiger charge is -2.17. The molecule has 0 radical (unpaired) electrons. The fourth-order valence-electron chi connectivity index (χ4n) is 3.18. The maximum absolute atomic E-state index is 12.0. The van der Waals surface area contributed by atoms with Gasteiger partial charge in [-0.05, 0) is 43.9 Å². The van der Waals surface area contributed by atoms with E-state index in [1.54, 1.807) is 6.07 Å². The highest BCUT2D eigenvalue weighted by atomic mass is 32.1. The number of para-hydroxylation sites is 1. The predicted molar refractivity (Wildman–Crippen MR) is 115 cm³/mol. The minimum Gasteiger partial charge on any atom is -0.355 e. The third-order valence-corrected chi connectivity index (χ3v) is 4.91. The summed E-state index contributed by atoms with van der Waals surface area (Å²) < 4.78 is 4.21. The number of carbonyl (C=O) groups is 1. The average molecular weight is 414 g/mol. The van der Waals surface area contributed by atoms with E-state index < -0.39 is 4.92 Å². The quantitative estimate of drug-likeness (QED) is 0.347. The Morgan fingerprint density at radius 2 is 1.93 bits per heavy atom. The Hall–Kier alpha value is -3.04. The van der Waals surface area contributed by atoms with E-state index >= 15 is 0 Å². The predicted octanol–water partition coefficient (Wildman–Crippen LogP) is 3.49. The number of nitro groups is 1. The van der Waals surface area contributed by atoms with Gasteiger partial charge in [-0.15, -0.1) is 0 Å². The van der Waals surface area contributed by atoms with Crippen molar-refractivity contribution >= 4 is 34.8 Å². The van der Waals surface area contributed by atoms with E-state index in [2.05, 4.69) is 5.32 Å². The number of nitrogens with one attached hydrogen (secondary N) is 1. The second-order valence-electron chi connectivity index (χ2n) is 6.82. The molecule has 0 fully saturated rings. The van der Waals surface area contributed by atoms with E-state index in [4.69, 9.17) is 12.2 Å². The Balaban J connectivity index is 2.04. The Bertz CT molecular complexity index is 1090. The number of aromatic nitrogens is 2. The molecule has 0 aliphatic heterocycles. The molecule has 0 saturated heterocycles. The Morgan fingerprint density at radius 3 is 2.59 bits per heavy atom. The smallest absolute Gasteiger partial charge is 0.271 e. The minimum absolute atomic E-state index is 0.00481. The normalized spacial score (nSPS) is 11.1. The van der Waals surface area contributed by atoms with Crippen molar-refractivity contribution in [2.45, 2.75) is 20.0 Å². The number of imidazole rings is 1. The van der Waals surface area contributed by atoms with Crippen molar-refractivity contribution in [2.24, 2.45) is 0 Å². The summed E-state index contributed by atoms with van der Waals surface area (Å²) in [5, 5.41) is 14.1. The van der Waals surface area contributed by atoms with Crippen LogP contribution in [-0.4, -0.2) is 45.0 Å². The Labute approximate surface area is 173 Å². The van der Waals surface area contributed by atoms with Gasteiger partial charge in [-0.2, -0.15) is 0 Å². The average Bonchev–Trinajstić information content (AvgIpc) is 2.97. The molecule has 29 heavy (non-hydrogen) atoms. The van der Waals surface area contributed by atoms with Crippen LogP contribution < -0.4 is 5.32 Å². The SMILES string of the molecule is CCCNC(=O)CN(C)Cn1c(=S)n(-c2ccccc2)c2ccc([N+](=O)[O-])cc21. The lowest BCUT2D eigenvalue weighted by molar-refractivity contribution is -0.384. The van der Waals surface area contributed by atoms with Gasteiger partial charge in [0.1, 0.15) is 0 Å². The Morgan fingerprint density at radius 1 is 1.21 bits per heavy atom. The summed E-state index contributed by atoms with van der Waals surface area (Å²) >= 11 is 5.71. The first-order valence-electron chi connectivity index (χ1n) is 9.32. The molecule has 0 atom stereocenters. The number of nitro benzene ring substituents is 1. The number of hydrogen-bond donors (Lipinski definition) is 1. The number of carbonyl (C=O) groups excluding carboxylic acids is 1. The van der Waals surface area contributed by atoms with Gasteiger partial charge in [0.05, 0.1) is 29.2 Å². The van der Waals surface area contributed by atoms with Gasteiger partial charge in [-0.3, -0.25) is 24.4 Å². The van der Waals surface area contributed by atoms with Crippen LogP contribution in [0.3, 0.4) is 0 Å². The minimum atomic E-state index is -0.422. The van der Waals surface area contributed by atoms with Crippen LogP contribution in [0, 0.1) is 14.9 Å². The van der Waals surface area contributed by atoms with Crippen molar-refractivity contribution in [1.29, 1.82) is 0 Å². The summed E-state index contributed by atoms with van der Waals surface area (Å²) in [7, 11) is 1.82. The summed E-state index contributed by atoms with van der Waals surface area (Å²) in [6.45, 7) is 3.16. The van der Waals surface area contributed by atoms with Crippen LogP contribution in [0.25, 0.3) is 16.7 Å². The first-order chi connectivity index (χ1) is 13.9. The van der Waals surface area contributed by atoms with Gasteiger partial charge in [0.15, 0.2) is 4.77 Å². The first-order valence-corrected chi connectivity index (χ1v) is 9.73. The van der Waals surface area contributed by atoms with Gasteiger partial charge < -0.3 is 9.88 Å². The number of nitrogens with zero attached hydrogens (tertiary/aromatic N) is 4. The third kappa shape index (κ3) is 4.52. The topological polar surface area (TPSA) is 85.3 Å². The largest absolute Gasteiger partial charge is 0.355 e. The highest BCUT2D eigenvalue weighted by Gasteiger charge is 2.17. The lowest BCUT2D eigenvalue weighted by Crippen LogP contribution is -2.36. The first kappa shape index (κ1) is 20.7. The summed E-state index contributed by atoms with van der Waals surface area (Å²) in [5.41, 5.74) is 2.29. The van der Waals surface area contributed by atoms with Crippen molar-refractivity contribution in [3.05, 3.63) is 63.4 Å². The fourth-order valence-corrected chi connectivity index (χ4v) is 3.54. The van der Waals surface area contributed by atoms with Crippen LogP contribution in [0.2, 0.25) is 0 Å². The number of non-ortho nitro benzene ring substituents is 1. The van der Waals surface area contributed by atoms with E-state index in [0.717, 1.165) is 17.6 Å². The molecule has 0 unspecified atom stereocenters. The molecule has 0 aliphatic rings. The highest BCUT2D eigenvalue weighted by molar-refractivity contribution is 7.71. The van der Waals surface area contributed by atoms with Gasteiger partial charge in [-0.25, -0.2) is 0 Å². The second-order valence-corrected chi connectivity index (χ2v) is 7.18.